The van der Waals surface area contributed by atoms with Gasteiger partial charge in [-0.15, -0.1) is 0 Å². The summed E-state index contributed by atoms with van der Waals surface area (Å²) in [7, 11) is 0. The van der Waals surface area contributed by atoms with E-state index in [1.165, 1.54) is 11.4 Å². The standard InChI is InChI=1S/C15H14N2S/c18-15-16(13-7-3-1-4-8-13)11-12-17(15)14-9-5-2-6-10-14/h1-10H,11-12H2. The molecule has 1 heterocycles. The summed E-state index contributed by atoms with van der Waals surface area (Å²) < 4.78 is 0. The maximum absolute atomic E-state index is 5.58. The minimum Gasteiger partial charge on any atom is -0.317 e. The van der Waals surface area contributed by atoms with E-state index in [0.29, 0.717) is 0 Å². The van der Waals surface area contributed by atoms with E-state index in [4.69, 9.17) is 12.2 Å². The first-order valence-electron chi connectivity index (χ1n) is 6.05. The molecule has 0 N–H and O–H groups in total. The van der Waals surface area contributed by atoms with Gasteiger partial charge in [-0.25, -0.2) is 0 Å². The summed E-state index contributed by atoms with van der Waals surface area (Å²) in [6.07, 6.45) is 0. The molecular formula is C15H14N2S. The van der Waals surface area contributed by atoms with Crippen molar-refractivity contribution < 1.29 is 0 Å². The van der Waals surface area contributed by atoms with E-state index in [9.17, 15) is 0 Å². The molecule has 3 rings (SSSR count). The van der Waals surface area contributed by atoms with Gasteiger partial charge >= 0.3 is 0 Å². The van der Waals surface area contributed by atoms with Crippen molar-refractivity contribution in [1.82, 2.24) is 0 Å². The van der Waals surface area contributed by atoms with E-state index < -0.39 is 0 Å². The Morgan fingerprint density at radius 3 is 1.44 bits per heavy atom. The second-order valence-electron chi connectivity index (χ2n) is 4.26. The minimum atomic E-state index is 0.882. The lowest BCUT2D eigenvalue weighted by atomic mass is 10.3. The van der Waals surface area contributed by atoms with Gasteiger partial charge in [0.25, 0.3) is 0 Å². The highest BCUT2D eigenvalue weighted by Gasteiger charge is 2.26. The first kappa shape index (κ1) is 11.2. The van der Waals surface area contributed by atoms with Gasteiger partial charge in [-0.3, -0.25) is 0 Å². The molecule has 0 bridgehead atoms. The van der Waals surface area contributed by atoms with Crippen LogP contribution < -0.4 is 9.80 Å². The summed E-state index contributed by atoms with van der Waals surface area (Å²) in [5.41, 5.74) is 2.34. The molecule has 2 aromatic carbocycles. The van der Waals surface area contributed by atoms with Crippen LogP contribution in [-0.4, -0.2) is 18.2 Å². The van der Waals surface area contributed by atoms with Crippen molar-refractivity contribution in [3.8, 4) is 0 Å². The van der Waals surface area contributed by atoms with E-state index in [1.807, 2.05) is 36.4 Å². The Hall–Kier alpha value is -1.87. The van der Waals surface area contributed by atoms with Crippen LogP contribution in [0.3, 0.4) is 0 Å². The molecule has 18 heavy (non-hydrogen) atoms. The molecular weight excluding hydrogens is 240 g/mol. The van der Waals surface area contributed by atoms with Gasteiger partial charge < -0.3 is 9.80 Å². The van der Waals surface area contributed by atoms with Gasteiger partial charge in [0.05, 0.1) is 0 Å². The molecule has 3 heteroatoms. The van der Waals surface area contributed by atoms with E-state index >= 15 is 0 Å². The van der Waals surface area contributed by atoms with Crippen molar-refractivity contribution in [3.05, 3.63) is 60.7 Å². The van der Waals surface area contributed by atoms with Crippen molar-refractivity contribution in [2.45, 2.75) is 0 Å². The molecule has 1 fully saturated rings. The zero-order chi connectivity index (χ0) is 12.4. The molecule has 0 aromatic heterocycles. The SMILES string of the molecule is S=C1N(c2ccccc2)CCN1c1ccccc1. The Balaban J connectivity index is 1.86. The number of thiocarbonyl (C=S) groups is 1. The zero-order valence-corrected chi connectivity index (χ0v) is 10.8. The summed E-state index contributed by atoms with van der Waals surface area (Å²) in [6.45, 7) is 1.88. The Morgan fingerprint density at radius 1 is 0.667 bits per heavy atom. The van der Waals surface area contributed by atoms with Crippen molar-refractivity contribution in [1.29, 1.82) is 0 Å². The highest BCUT2D eigenvalue weighted by atomic mass is 32.1. The number of anilines is 2. The smallest absolute Gasteiger partial charge is 0.180 e. The third-order valence-electron chi connectivity index (χ3n) is 3.14. The van der Waals surface area contributed by atoms with Gasteiger partial charge in [-0.2, -0.15) is 0 Å². The molecule has 2 aromatic rings. The molecule has 1 aliphatic rings. The molecule has 0 amide bonds. The van der Waals surface area contributed by atoms with E-state index in [-0.39, 0.29) is 0 Å². The molecule has 0 unspecified atom stereocenters. The van der Waals surface area contributed by atoms with Gasteiger partial charge in [0.2, 0.25) is 0 Å². The molecule has 1 aliphatic heterocycles. The quantitative estimate of drug-likeness (QED) is 0.759. The molecule has 0 spiro atoms. The number of rotatable bonds is 2. The van der Waals surface area contributed by atoms with Crippen molar-refractivity contribution >= 4 is 28.7 Å². The molecule has 0 saturated carbocycles. The monoisotopic (exact) mass is 254 g/mol. The summed E-state index contributed by atoms with van der Waals surface area (Å²) in [5, 5.41) is 0.882. The van der Waals surface area contributed by atoms with Crippen molar-refractivity contribution in [2.75, 3.05) is 22.9 Å². The van der Waals surface area contributed by atoms with Gasteiger partial charge in [0.1, 0.15) is 0 Å². The fourth-order valence-electron chi connectivity index (χ4n) is 2.23. The predicted octanol–water partition coefficient (Wildman–Crippen LogP) is 3.30. The fourth-order valence-corrected chi connectivity index (χ4v) is 2.63. The van der Waals surface area contributed by atoms with Gasteiger partial charge in [-0.05, 0) is 36.5 Å². The molecule has 0 aliphatic carbocycles. The summed E-state index contributed by atoms with van der Waals surface area (Å²) >= 11 is 5.58. The lowest BCUT2D eigenvalue weighted by Crippen LogP contribution is -2.31. The summed E-state index contributed by atoms with van der Waals surface area (Å²) in [6, 6.07) is 20.6. The van der Waals surface area contributed by atoms with Gasteiger partial charge in [0, 0.05) is 24.5 Å². The number of hydrogen-bond donors (Lipinski definition) is 0. The Bertz CT molecular complexity index is 489. The second-order valence-corrected chi connectivity index (χ2v) is 4.62. The average molecular weight is 254 g/mol. The first-order chi connectivity index (χ1) is 8.86. The number of benzene rings is 2. The second kappa shape index (κ2) is 4.78. The molecule has 90 valence electrons. The van der Waals surface area contributed by atoms with E-state index in [2.05, 4.69) is 34.1 Å². The lowest BCUT2D eigenvalue weighted by molar-refractivity contribution is 1.02. The van der Waals surface area contributed by atoms with Crippen molar-refractivity contribution in [2.24, 2.45) is 0 Å². The third kappa shape index (κ3) is 1.97. The Labute approximate surface area is 112 Å². The molecule has 0 radical (unpaired) electrons. The maximum Gasteiger partial charge on any atom is 0.180 e. The van der Waals surface area contributed by atoms with E-state index in [1.54, 1.807) is 0 Å². The highest BCUT2D eigenvalue weighted by molar-refractivity contribution is 7.80. The van der Waals surface area contributed by atoms with Crippen LogP contribution >= 0.6 is 12.2 Å². The third-order valence-corrected chi connectivity index (χ3v) is 3.59. The van der Waals surface area contributed by atoms with Gasteiger partial charge in [-0.1, -0.05) is 36.4 Å². The number of hydrogen-bond acceptors (Lipinski definition) is 1. The Morgan fingerprint density at radius 2 is 1.06 bits per heavy atom. The average Bonchev–Trinajstić information content (AvgIpc) is 2.83. The number of nitrogens with zero attached hydrogens (tertiary/aromatic N) is 2. The van der Waals surface area contributed by atoms with Crippen LogP contribution in [0.25, 0.3) is 0 Å². The highest BCUT2D eigenvalue weighted by Crippen LogP contribution is 2.24. The minimum absolute atomic E-state index is 0.882. The number of para-hydroxylation sites is 2. The normalized spacial score (nSPS) is 15.2. The predicted molar refractivity (Wildman–Crippen MR) is 80.2 cm³/mol. The fraction of sp³-hybridized carbons (Fsp3) is 0.133. The van der Waals surface area contributed by atoms with Crippen molar-refractivity contribution in [3.63, 3.8) is 0 Å². The van der Waals surface area contributed by atoms with Crippen LogP contribution in [0.15, 0.2) is 60.7 Å². The Kier molecular flexibility index (Phi) is 2.99. The van der Waals surface area contributed by atoms with Gasteiger partial charge in [0.15, 0.2) is 5.11 Å². The summed E-state index contributed by atoms with van der Waals surface area (Å²) in [5.74, 6) is 0. The molecule has 2 nitrogen and oxygen atoms in total. The lowest BCUT2D eigenvalue weighted by Gasteiger charge is -2.21. The first-order valence-corrected chi connectivity index (χ1v) is 6.46. The largest absolute Gasteiger partial charge is 0.317 e. The maximum atomic E-state index is 5.58. The zero-order valence-electron chi connectivity index (χ0n) is 9.99. The van der Waals surface area contributed by atoms with Crippen LogP contribution in [0.2, 0.25) is 0 Å². The summed E-state index contributed by atoms with van der Waals surface area (Å²) in [4.78, 5) is 4.37. The topological polar surface area (TPSA) is 6.48 Å². The van der Waals surface area contributed by atoms with E-state index in [0.717, 1.165) is 18.2 Å². The van der Waals surface area contributed by atoms with Crippen LogP contribution in [0.4, 0.5) is 11.4 Å². The van der Waals surface area contributed by atoms with Crippen LogP contribution in [0.5, 0.6) is 0 Å². The molecule has 0 atom stereocenters. The van der Waals surface area contributed by atoms with Crippen LogP contribution in [0, 0.1) is 0 Å². The van der Waals surface area contributed by atoms with Crippen LogP contribution in [0.1, 0.15) is 0 Å². The van der Waals surface area contributed by atoms with Crippen LogP contribution in [-0.2, 0) is 0 Å². The molecule has 1 saturated heterocycles.